The van der Waals surface area contributed by atoms with E-state index in [1.54, 1.807) is 31.2 Å². The molecule has 5 heteroatoms. The number of rotatable bonds is 2. The first-order valence-electron chi connectivity index (χ1n) is 6.56. The molecular formula is C16H13Cl2FN2. The lowest BCUT2D eigenvalue weighted by atomic mass is 10.2. The first-order chi connectivity index (χ1) is 9.97. The Bertz CT molecular complexity index is 825. The van der Waals surface area contributed by atoms with Crippen molar-refractivity contribution in [2.45, 2.75) is 19.2 Å². The van der Waals surface area contributed by atoms with E-state index in [4.69, 9.17) is 23.2 Å². The molecule has 1 unspecified atom stereocenters. The molecular weight excluding hydrogens is 310 g/mol. The Labute approximate surface area is 132 Å². The van der Waals surface area contributed by atoms with Gasteiger partial charge in [-0.05, 0) is 55.8 Å². The maximum Gasteiger partial charge on any atom is 0.132 e. The third-order valence-electron chi connectivity index (χ3n) is 3.40. The summed E-state index contributed by atoms with van der Waals surface area (Å²) in [6, 6.07) is 10.5. The molecule has 1 aromatic heterocycles. The summed E-state index contributed by atoms with van der Waals surface area (Å²) >= 11 is 12.3. The van der Waals surface area contributed by atoms with Crippen molar-refractivity contribution in [3.63, 3.8) is 0 Å². The Morgan fingerprint density at radius 3 is 2.62 bits per heavy atom. The minimum absolute atomic E-state index is 0.230. The van der Waals surface area contributed by atoms with Crippen molar-refractivity contribution < 1.29 is 4.39 Å². The second-order valence-corrected chi connectivity index (χ2v) is 6.08. The average molecular weight is 323 g/mol. The van der Waals surface area contributed by atoms with E-state index in [0.717, 1.165) is 16.7 Å². The van der Waals surface area contributed by atoms with E-state index in [-0.39, 0.29) is 11.2 Å². The van der Waals surface area contributed by atoms with Gasteiger partial charge in [0.05, 0.1) is 16.4 Å². The lowest BCUT2D eigenvalue weighted by Gasteiger charge is -2.11. The van der Waals surface area contributed by atoms with Gasteiger partial charge in [-0.15, -0.1) is 11.6 Å². The molecule has 0 spiro atoms. The zero-order valence-corrected chi connectivity index (χ0v) is 13.1. The highest BCUT2D eigenvalue weighted by Crippen LogP contribution is 2.30. The summed E-state index contributed by atoms with van der Waals surface area (Å²) in [7, 11) is 0. The first-order valence-corrected chi connectivity index (χ1v) is 7.37. The van der Waals surface area contributed by atoms with E-state index in [2.05, 4.69) is 4.98 Å². The quantitative estimate of drug-likeness (QED) is 0.575. The summed E-state index contributed by atoms with van der Waals surface area (Å²) in [5.41, 5.74) is 3.08. The van der Waals surface area contributed by atoms with Crippen LogP contribution in [0, 0.1) is 12.7 Å². The maximum atomic E-state index is 13.5. The van der Waals surface area contributed by atoms with Gasteiger partial charge in [0.15, 0.2) is 0 Å². The number of halogens is 3. The summed E-state index contributed by atoms with van der Waals surface area (Å²) in [4.78, 5) is 4.55. The van der Waals surface area contributed by atoms with E-state index in [1.165, 1.54) is 6.07 Å². The van der Waals surface area contributed by atoms with Crippen molar-refractivity contribution in [3.05, 3.63) is 58.6 Å². The number of aryl methyl sites for hydroxylation is 1. The highest BCUT2D eigenvalue weighted by Gasteiger charge is 2.17. The number of hydrogen-bond acceptors (Lipinski definition) is 1. The molecule has 21 heavy (non-hydrogen) atoms. The average Bonchev–Trinajstić information content (AvgIpc) is 2.80. The fourth-order valence-corrected chi connectivity index (χ4v) is 2.69. The number of imidazole rings is 1. The van der Waals surface area contributed by atoms with Gasteiger partial charge in [-0.1, -0.05) is 11.6 Å². The predicted octanol–water partition coefficient (Wildman–Crippen LogP) is 5.43. The van der Waals surface area contributed by atoms with Crippen LogP contribution in [0.3, 0.4) is 0 Å². The molecule has 3 rings (SSSR count). The Balaban J connectivity index is 2.33. The van der Waals surface area contributed by atoms with Crippen LogP contribution in [0.15, 0.2) is 36.4 Å². The second kappa shape index (κ2) is 5.32. The molecule has 2 nitrogen and oxygen atoms in total. The summed E-state index contributed by atoms with van der Waals surface area (Å²) in [5, 5.41) is 0.345. The van der Waals surface area contributed by atoms with Gasteiger partial charge in [-0.3, -0.25) is 4.57 Å². The van der Waals surface area contributed by atoms with E-state index in [9.17, 15) is 4.39 Å². The third kappa shape index (κ3) is 2.52. The Hall–Kier alpha value is -1.58. The smallest absolute Gasteiger partial charge is 0.132 e. The molecule has 108 valence electrons. The van der Waals surface area contributed by atoms with Crippen LogP contribution in [0.4, 0.5) is 4.39 Å². The Morgan fingerprint density at radius 2 is 1.95 bits per heavy atom. The molecule has 1 heterocycles. The molecule has 0 aliphatic carbocycles. The van der Waals surface area contributed by atoms with E-state index >= 15 is 0 Å². The molecule has 3 aromatic rings. The number of fused-ring (bicyclic) bond motifs is 1. The molecule has 1 atom stereocenters. The zero-order valence-electron chi connectivity index (χ0n) is 11.6. The minimum Gasteiger partial charge on any atom is -0.295 e. The number of benzene rings is 2. The molecule has 0 radical (unpaired) electrons. The lowest BCUT2D eigenvalue weighted by molar-refractivity contribution is 0.618. The van der Waals surface area contributed by atoms with Crippen molar-refractivity contribution in [2.75, 3.05) is 0 Å². The molecule has 0 saturated heterocycles. The van der Waals surface area contributed by atoms with Gasteiger partial charge in [0.2, 0.25) is 0 Å². The Kier molecular flexibility index (Phi) is 3.64. The van der Waals surface area contributed by atoms with Crippen LogP contribution in [0.1, 0.15) is 23.7 Å². The lowest BCUT2D eigenvalue weighted by Crippen LogP contribution is -2.02. The fraction of sp³-hybridized carbons (Fsp3) is 0.188. The van der Waals surface area contributed by atoms with Crippen molar-refractivity contribution in [3.8, 4) is 5.69 Å². The molecule has 2 aromatic carbocycles. The molecule has 0 aliphatic rings. The van der Waals surface area contributed by atoms with Gasteiger partial charge in [-0.25, -0.2) is 9.37 Å². The van der Waals surface area contributed by atoms with Crippen LogP contribution in [0.2, 0.25) is 5.02 Å². The number of alkyl halides is 1. The topological polar surface area (TPSA) is 17.8 Å². The van der Waals surface area contributed by atoms with E-state index in [1.807, 2.05) is 17.6 Å². The molecule has 0 bridgehead atoms. The monoisotopic (exact) mass is 322 g/mol. The van der Waals surface area contributed by atoms with Crippen LogP contribution in [0.5, 0.6) is 0 Å². The highest BCUT2D eigenvalue weighted by atomic mass is 35.5. The normalized spacial score (nSPS) is 12.8. The van der Waals surface area contributed by atoms with Gasteiger partial charge < -0.3 is 0 Å². The van der Waals surface area contributed by atoms with Crippen molar-refractivity contribution in [2.24, 2.45) is 0 Å². The van der Waals surface area contributed by atoms with Crippen LogP contribution in [-0.4, -0.2) is 9.55 Å². The summed E-state index contributed by atoms with van der Waals surface area (Å²) in [5.74, 6) is 0.478. The zero-order chi connectivity index (χ0) is 15.1. The molecule has 0 amide bonds. The van der Waals surface area contributed by atoms with Crippen molar-refractivity contribution in [1.82, 2.24) is 9.55 Å². The Morgan fingerprint density at radius 1 is 1.19 bits per heavy atom. The molecule has 0 aliphatic heterocycles. The minimum atomic E-state index is -0.276. The third-order valence-corrected chi connectivity index (χ3v) is 3.83. The van der Waals surface area contributed by atoms with Gasteiger partial charge in [0, 0.05) is 10.7 Å². The highest BCUT2D eigenvalue weighted by molar-refractivity contribution is 6.31. The largest absolute Gasteiger partial charge is 0.295 e. The summed E-state index contributed by atoms with van der Waals surface area (Å²) < 4.78 is 15.4. The summed E-state index contributed by atoms with van der Waals surface area (Å²) in [6.07, 6.45) is 0. The van der Waals surface area contributed by atoms with Gasteiger partial charge in [-0.2, -0.15) is 0 Å². The molecule has 0 fully saturated rings. The SMILES string of the molecule is Cc1cc(-n2c(C(C)Cl)nc3cc(Cl)ccc32)ccc1F. The van der Waals surface area contributed by atoms with Crippen LogP contribution < -0.4 is 0 Å². The standard InChI is InChI=1S/C16H13Cl2FN2/c1-9-7-12(4-5-13(9)19)21-15-6-3-11(18)8-14(15)20-16(21)10(2)17/h3-8,10H,1-2H3. The van der Waals surface area contributed by atoms with Gasteiger partial charge in [0.1, 0.15) is 11.6 Å². The van der Waals surface area contributed by atoms with Gasteiger partial charge >= 0.3 is 0 Å². The maximum absolute atomic E-state index is 13.5. The number of nitrogens with zero attached hydrogens (tertiary/aromatic N) is 2. The number of hydrogen-bond donors (Lipinski definition) is 0. The van der Waals surface area contributed by atoms with Crippen molar-refractivity contribution in [1.29, 1.82) is 0 Å². The van der Waals surface area contributed by atoms with Crippen LogP contribution in [-0.2, 0) is 0 Å². The fourth-order valence-electron chi connectivity index (χ4n) is 2.38. The predicted molar refractivity (Wildman–Crippen MR) is 85.0 cm³/mol. The number of aromatic nitrogens is 2. The van der Waals surface area contributed by atoms with Crippen LogP contribution in [0.25, 0.3) is 16.7 Å². The van der Waals surface area contributed by atoms with Crippen LogP contribution >= 0.6 is 23.2 Å². The van der Waals surface area contributed by atoms with E-state index < -0.39 is 0 Å². The first kappa shape index (κ1) is 14.4. The molecule has 0 saturated carbocycles. The van der Waals surface area contributed by atoms with Gasteiger partial charge in [0.25, 0.3) is 0 Å². The summed E-state index contributed by atoms with van der Waals surface area (Å²) in [6.45, 7) is 3.59. The molecule has 0 N–H and O–H groups in total. The second-order valence-electron chi connectivity index (χ2n) is 4.99. The van der Waals surface area contributed by atoms with Crippen molar-refractivity contribution >= 4 is 34.2 Å². The van der Waals surface area contributed by atoms with E-state index in [0.29, 0.717) is 16.4 Å².